The molecule has 2 aromatic carbocycles. The first-order chi connectivity index (χ1) is 15.9. The van der Waals surface area contributed by atoms with Gasteiger partial charge in [-0.25, -0.2) is 9.48 Å². The van der Waals surface area contributed by atoms with E-state index in [9.17, 15) is 9.59 Å². The van der Waals surface area contributed by atoms with Crippen molar-refractivity contribution in [3.8, 4) is 0 Å². The summed E-state index contributed by atoms with van der Waals surface area (Å²) in [7, 11) is 0. The normalized spacial score (nSPS) is 14.2. The van der Waals surface area contributed by atoms with Crippen LogP contribution in [0.15, 0.2) is 54.6 Å². The van der Waals surface area contributed by atoms with Crippen LogP contribution in [0.3, 0.4) is 0 Å². The van der Waals surface area contributed by atoms with Gasteiger partial charge in [0.15, 0.2) is 0 Å². The fourth-order valence-corrected chi connectivity index (χ4v) is 4.34. The van der Waals surface area contributed by atoms with Gasteiger partial charge >= 0.3 is 6.03 Å². The number of urea groups is 1. The number of halogens is 1. The second-order valence-electron chi connectivity index (χ2n) is 8.43. The fraction of sp³-hybridized carbons (Fsp3) is 0.320. The maximum Gasteiger partial charge on any atom is 0.319 e. The van der Waals surface area contributed by atoms with Crippen LogP contribution in [0.5, 0.6) is 0 Å². The number of rotatable bonds is 5. The summed E-state index contributed by atoms with van der Waals surface area (Å²) in [5.41, 5.74) is 4.09. The average Bonchev–Trinajstić information content (AvgIpc) is 3.08. The summed E-state index contributed by atoms with van der Waals surface area (Å²) in [4.78, 5) is 27.2. The number of hydrogen-bond acceptors (Lipinski definition) is 3. The molecule has 0 saturated carbocycles. The molecule has 0 bridgehead atoms. The maximum absolute atomic E-state index is 13.2. The molecule has 1 aliphatic heterocycles. The number of piperidine rings is 1. The summed E-state index contributed by atoms with van der Waals surface area (Å²) in [6, 6.07) is 17.3. The molecule has 1 saturated heterocycles. The van der Waals surface area contributed by atoms with Crippen molar-refractivity contribution in [2.75, 3.05) is 18.4 Å². The lowest BCUT2D eigenvalue weighted by Crippen LogP contribution is -2.47. The van der Waals surface area contributed by atoms with E-state index in [1.807, 2.05) is 68.4 Å². The first kappa shape index (κ1) is 22.9. The molecule has 1 fully saturated rings. The number of carbonyl (C=O) groups excluding carboxylic acids is 2. The van der Waals surface area contributed by atoms with Crippen molar-refractivity contribution in [3.63, 3.8) is 0 Å². The van der Waals surface area contributed by atoms with Gasteiger partial charge in [-0.2, -0.15) is 5.10 Å². The lowest BCUT2D eigenvalue weighted by atomic mass is 10.0. The number of aryl methyl sites for hydroxylation is 2. The second-order valence-corrected chi connectivity index (χ2v) is 8.78. The van der Waals surface area contributed by atoms with E-state index < -0.39 is 0 Å². The summed E-state index contributed by atoms with van der Waals surface area (Å²) in [6.07, 6.45) is 1.37. The van der Waals surface area contributed by atoms with Crippen LogP contribution in [0.1, 0.15) is 40.0 Å². The third-order valence-corrected chi connectivity index (χ3v) is 6.27. The molecule has 1 aliphatic rings. The zero-order chi connectivity index (χ0) is 23.4. The summed E-state index contributed by atoms with van der Waals surface area (Å²) in [5.74, 6) is -0.111. The van der Waals surface area contributed by atoms with E-state index in [-0.39, 0.29) is 18.0 Å². The van der Waals surface area contributed by atoms with Gasteiger partial charge in [0.1, 0.15) is 5.15 Å². The highest BCUT2D eigenvalue weighted by molar-refractivity contribution is 6.33. The van der Waals surface area contributed by atoms with Crippen molar-refractivity contribution < 1.29 is 9.59 Å². The predicted octanol–water partition coefficient (Wildman–Crippen LogP) is 4.63. The highest BCUT2D eigenvalue weighted by Gasteiger charge is 2.29. The number of hydrogen-bond donors (Lipinski definition) is 2. The number of nitrogens with zero attached hydrogens (tertiary/aromatic N) is 3. The van der Waals surface area contributed by atoms with Gasteiger partial charge in [-0.3, -0.25) is 4.79 Å². The number of likely N-dealkylation sites (tertiary alicyclic amines) is 1. The van der Waals surface area contributed by atoms with E-state index in [0.29, 0.717) is 48.9 Å². The Morgan fingerprint density at radius 3 is 2.36 bits per heavy atom. The minimum Gasteiger partial charge on any atom is -0.338 e. The summed E-state index contributed by atoms with van der Waals surface area (Å²) < 4.78 is 1.68. The highest BCUT2D eigenvalue weighted by Crippen LogP contribution is 2.24. The van der Waals surface area contributed by atoms with E-state index in [1.165, 1.54) is 5.56 Å². The topological polar surface area (TPSA) is 79.3 Å². The van der Waals surface area contributed by atoms with Gasteiger partial charge < -0.3 is 15.5 Å². The quantitative estimate of drug-likeness (QED) is 0.576. The Balaban J connectivity index is 1.34. The molecule has 33 heavy (non-hydrogen) atoms. The highest BCUT2D eigenvalue weighted by atomic mass is 35.5. The number of nitrogens with one attached hydrogen (secondary N) is 2. The first-order valence-corrected chi connectivity index (χ1v) is 11.5. The molecule has 0 atom stereocenters. The average molecular weight is 466 g/mol. The van der Waals surface area contributed by atoms with Crippen molar-refractivity contribution >= 4 is 29.2 Å². The number of aromatic nitrogens is 2. The number of carbonyl (C=O) groups is 2. The molecular weight excluding hydrogens is 438 g/mol. The Morgan fingerprint density at radius 1 is 1.03 bits per heavy atom. The van der Waals surface area contributed by atoms with Crippen LogP contribution in [-0.4, -0.2) is 45.8 Å². The van der Waals surface area contributed by atoms with Gasteiger partial charge in [-0.15, -0.1) is 0 Å². The molecule has 8 heteroatoms. The molecule has 3 aromatic rings. The van der Waals surface area contributed by atoms with Crippen molar-refractivity contribution in [2.45, 2.75) is 39.3 Å². The molecule has 4 rings (SSSR count). The van der Waals surface area contributed by atoms with Crippen LogP contribution in [0.25, 0.3) is 0 Å². The zero-order valence-corrected chi connectivity index (χ0v) is 19.6. The fourth-order valence-electron chi connectivity index (χ4n) is 4.03. The second kappa shape index (κ2) is 10.1. The first-order valence-electron chi connectivity index (χ1n) is 11.1. The van der Waals surface area contributed by atoms with Gasteiger partial charge in [0.25, 0.3) is 5.91 Å². The zero-order valence-electron chi connectivity index (χ0n) is 18.8. The van der Waals surface area contributed by atoms with Gasteiger partial charge in [0.2, 0.25) is 0 Å². The third kappa shape index (κ3) is 5.54. The standard InChI is InChI=1S/C25H28ClN5O2/c1-17-8-10-19(11-9-17)16-31-23(26)22(18(2)29-31)24(32)30-14-12-21(13-15-30)28-25(33)27-20-6-4-3-5-7-20/h3-11,21H,12-16H2,1-2H3,(H2,27,28,33). The monoisotopic (exact) mass is 465 g/mol. The predicted molar refractivity (Wildman–Crippen MR) is 130 cm³/mol. The Kier molecular flexibility index (Phi) is 6.99. The van der Waals surface area contributed by atoms with E-state index in [2.05, 4.69) is 15.7 Å². The smallest absolute Gasteiger partial charge is 0.319 e. The summed E-state index contributed by atoms with van der Waals surface area (Å²) >= 11 is 6.59. The van der Waals surface area contributed by atoms with E-state index in [4.69, 9.17) is 11.6 Å². The summed E-state index contributed by atoms with van der Waals surface area (Å²) in [6.45, 7) is 5.46. The van der Waals surface area contributed by atoms with Gasteiger partial charge in [0, 0.05) is 24.8 Å². The molecule has 3 amide bonds. The lowest BCUT2D eigenvalue weighted by molar-refractivity contribution is 0.0708. The lowest BCUT2D eigenvalue weighted by Gasteiger charge is -2.32. The van der Waals surface area contributed by atoms with Crippen LogP contribution >= 0.6 is 11.6 Å². The SMILES string of the molecule is Cc1ccc(Cn2nc(C)c(C(=O)N3CCC(NC(=O)Nc4ccccc4)CC3)c2Cl)cc1. The maximum atomic E-state index is 13.2. The van der Waals surface area contributed by atoms with Crippen LogP contribution in [-0.2, 0) is 6.54 Å². The van der Waals surface area contributed by atoms with Crippen molar-refractivity contribution in [3.05, 3.63) is 82.1 Å². The van der Waals surface area contributed by atoms with Gasteiger partial charge in [-0.05, 0) is 44.4 Å². The molecule has 0 spiro atoms. The van der Waals surface area contributed by atoms with E-state index in [1.54, 1.807) is 9.58 Å². The van der Waals surface area contributed by atoms with Crippen LogP contribution in [0, 0.1) is 13.8 Å². The van der Waals surface area contributed by atoms with Crippen molar-refractivity contribution in [1.29, 1.82) is 0 Å². The minimum absolute atomic E-state index is 0.0126. The number of anilines is 1. The van der Waals surface area contributed by atoms with Crippen LogP contribution in [0.2, 0.25) is 5.15 Å². The number of amides is 3. The van der Waals surface area contributed by atoms with Gasteiger partial charge in [-0.1, -0.05) is 59.6 Å². The van der Waals surface area contributed by atoms with Crippen molar-refractivity contribution in [1.82, 2.24) is 20.0 Å². The molecule has 2 heterocycles. The Labute approximate surface area is 198 Å². The molecular formula is C25H28ClN5O2. The molecule has 172 valence electrons. The largest absolute Gasteiger partial charge is 0.338 e. The van der Waals surface area contributed by atoms with E-state index in [0.717, 1.165) is 11.3 Å². The van der Waals surface area contributed by atoms with Crippen LogP contribution < -0.4 is 10.6 Å². The third-order valence-electron chi connectivity index (χ3n) is 5.88. The Hall–Kier alpha value is -3.32. The molecule has 0 aliphatic carbocycles. The van der Waals surface area contributed by atoms with Crippen LogP contribution in [0.4, 0.5) is 10.5 Å². The summed E-state index contributed by atoms with van der Waals surface area (Å²) in [5, 5.41) is 10.7. The Bertz CT molecular complexity index is 1120. The molecule has 0 unspecified atom stereocenters. The Morgan fingerprint density at radius 2 is 1.70 bits per heavy atom. The van der Waals surface area contributed by atoms with Gasteiger partial charge in [0.05, 0.1) is 17.8 Å². The van der Waals surface area contributed by atoms with Crippen molar-refractivity contribution in [2.24, 2.45) is 0 Å². The molecule has 1 aromatic heterocycles. The molecule has 2 N–H and O–H groups in total. The number of benzene rings is 2. The molecule has 0 radical (unpaired) electrons. The number of para-hydroxylation sites is 1. The molecule has 7 nitrogen and oxygen atoms in total. The van der Waals surface area contributed by atoms with E-state index >= 15 is 0 Å². The minimum atomic E-state index is -0.234.